The van der Waals surface area contributed by atoms with Gasteiger partial charge in [-0.25, -0.2) is 4.98 Å². The summed E-state index contributed by atoms with van der Waals surface area (Å²) < 4.78 is 7.42. The molecule has 5 heteroatoms. The van der Waals surface area contributed by atoms with Crippen LogP contribution in [-0.2, 0) is 12.8 Å². The largest absolute Gasteiger partial charge is 0.497 e. The van der Waals surface area contributed by atoms with Gasteiger partial charge < -0.3 is 9.64 Å². The van der Waals surface area contributed by atoms with Gasteiger partial charge in [0.1, 0.15) is 11.6 Å². The number of rotatable bonds is 7. The molecule has 0 radical (unpaired) electrons. The fraction of sp³-hybridized carbons (Fsp3) is 0.333. The Morgan fingerprint density at radius 1 is 1.17 bits per heavy atom. The Morgan fingerprint density at radius 3 is 2.59 bits per heavy atom. The molecule has 2 heterocycles. The van der Waals surface area contributed by atoms with Crippen molar-refractivity contribution in [1.82, 2.24) is 14.6 Å². The molecule has 0 N–H and O–H groups in total. The second-order valence-corrected chi connectivity index (χ2v) is 7.57. The van der Waals surface area contributed by atoms with Crippen molar-refractivity contribution in [2.24, 2.45) is 0 Å². The minimum atomic E-state index is 0.743. The molecular formula is C24H28N4O. The van der Waals surface area contributed by atoms with Gasteiger partial charge >= 0.3 is 0 Å². The highest BCUT2D eigenvalue weighted by Gasteiger charge is 2.26. The van der Waals surface area contributed by atoms with Crippen LogP contribution in [0, 0.1) is 13.8 Å². The Bertz CT molecular complexity index is 1090. The standard InChI is InChI=1S/C24H28N4O/c1-6-13-27(14-7-2)24-20-9-8-10-21(20)25-23-22(17(4)26-28(23)24)19-12-11-18(29-5)15-16(19)3/h6-7,11-12,15H,1-2,8-10,13-14H2,3-5H3. The summed E-state index contributed by atoms with van der Waals surface area (Å²) in [5.74, 6) is 1.99. The molecule has 0 saturated carbocycles. The van der Waals surface area contributed by atoms with Crippen LogP contribution in [0.15, 0.2) is 43.5 Å². The zero-order chi connectivity index (χ0) is 20.5. The highest BCUT2D eigenvalue weighted by Crippen LogP contribution is 2.37. The molecule has 150 valence electrons. The summed E-state index contributed by atoms with van der Waals surface area (Å²) in [6, 6.07) is 6.17. The van der Waals surface area contributed by atoms with Crippen molar-refractivity contribution in [3.8, 4) is 16.9 Å². The van der Waals surface area contributed by atoms with Crippen molar-refractivity contribution in [3.05, 3.63) is 66.0 Å². The third-order valence-electron chi connectivity index (χ3n) is 5.64. The zero-order valence-electron chi connectivity index (χ0n) is 17.5. The number of fused-ring (bicyclic) bond motifs is 2. The first-order chi connectivity index (χ1) is 14.1. The van der Waals surface area contributed by atoms with Gasteiger partial charge in [0.25, 0.3) is 0 Å². The van der Waals surface area contributed by atoms with Gasteiger partial charge in [0.05, 0.1) is 12.8 Å². The van der Waals surface area contributed by atoms with Crippen LogP contribution in [0.5, 0.6) is 5.75 Å². The SMILES string of the molecule is C=CCN(CC=C)c1c2c(nc3c(-c4ccc(OC)cc4C)c(C)nn13)CCC2. The highest BCUT2D eigenvalue weighted by molar-refractivity contribution is 5.83. The second kappa shape index (κ2) is 7.74. The van der Waals surface area contributed by atoms with E-state index in [2.05, 4.69) is 44.0 Å². The number of aromatic nitrogens is 3. The maximum atomic E-state index is 5.39. The van der Waals surface area contributed by atoms with Crippen LogP contribution in [-0.4, -0.2) is 34.8 Å². The van der Waals surface area contributed by atoms with E-state index < -0.39 is 0 Å². The molecule has 0 fully saturated rings. The molecule has 0 amide bonds. The first-order valence-corrected chi connectivity index (χ1v) is 10.1. The van der Waals surface area contributed by atoms with Gasteiger partial charge in [0.15, 0.2) is 5.65 Å². The van der Waals surface area contributed by atoms with Crippen LogP contribution in [0.25, 0.3) is 16.8 Å². The van der Waals surface area contributed by atoms with Crippen molar-refractivity contribution in [2.75, 3.05) is 25.1 Å². The van der Waals surface area contributed by atoms with E-state index in [1.807, 2.05) is 22.7 Å². The summed E-state index contributed by atoms with van der Waals surface area (Å²) in [6.45, 7) is 13.6. The van der Waals surface area contributed by atoms with E-state index in [4.69, 9.17) is 14.8 Å². The molecule has 0 spiro atoms. The van der Waals surface area contributed by atoms with Crippen molar-refractivity contribution in [3.63, 3.8) is 0 Å². The Morgan fingerprint density at radius 2 is 1.93 bits per heavy atom. The van der Waals surface area contributed by atoms with Crippen LogP contribution >= 0.6 is 0 Å². The number of methoxy groups -OCH3 is 1. The molecule has 0 unspecified atom stereocenters. The van der Waals surface area contributed by atoms with Crippen molar-refractivity contribution in [1.29, 1.82) is 0 Å². The summed E-state index contributed by atoms with van der Waals surface area (Å²) >= 11 is 0. The Labute approximate surface area is 172 Å². The molecule has 0 aliphatic heterocycles. The summed E-state index contributed by atoms with van der Waals surface area (Å²) in [5.41, 5.74) is 7.80. The molecule has 29 heavy (non-hydrogen) atoms. The number of aryl methyl sites for hydroxylation is 3. The highest BCUT2D eigenvalue weighted by atomic mass is 16.5. The lowest BCUT2D eigenvalue weighted by Gasteiger charge is -2.25. The summed E-state index contributed by atoms with van der Waals surface area (Å²) in [4.78, 5) is 7.38. The topological polar surface area (TPSA) is 42.7 Å². The number of hydrogen-bond acceptors (Lipinski definition) is 4. The minimum Gasteiger partial charge on any atom is -0.497 e. The molecule has 0 saturated heterocycles. The van der Waals surface area contributed by atoms with Crippen LogP contribution in [0.4, 0.5) is 5.82 Å². The fourth-order valence-corrected chi connectivity index (χ4v) is 4.36. The third-order valence-corrected chi connectivity index (χ3v) is 5.64. The molecule has 1 aliphatic carbocycles. The quantitative estimate of drug-likeness (QED) is 0.551. The van der Waals surface area contributed by atoms with Crippen LogP contribution in [0.2, 0.25) is 0 Å². The second-order valence-electron chi connectivity index (χ2n) is 7.57. The normalized spacial score (nSPS) is 12.8. The molecule has 1 aromatic carbocycles. The van der Waals surface area contributed by atoms with E-state index in [-0.39, 0.29) is 0 Å². The molecule has 0 bridgehead atoms. The first kappa shape index (κ1) is 19.2. The number of hydrogen-bond donors (Lipinski definition) is 0. The predicted octanol–water partition coefficient (Wildman–Crippen LogP) is 4.69. The average molecular weight is 389 g/mol. The Kier molecular flexibility index (Phi) is 5.14. The van der Waals surface area contributed by atoms with Gasteiger partial charge in [-0.1, -0.05) is 18.2 Å². The molecule has 0 atom stereocenters. The molecular weight excluding hydrogens is 360 g/mol. The third kappa shape index (κ3) is 3.20. The van der Waals surface area contributed by atoms with Crippen LogP contribution in [0.3, 0.4) is 0 Å². The van der Waals surface area contributed by atoms with E-state index in [9.17, 15) is 0 Å². The number of benzene rings is 1. The summed E-state index contributed by atoms with van der Waals surface area (Å²) in [7, 11) is 1.69. The van der Waals surface area contributed by atoms with Gasteiger partial charge in [-0.05, 0) is 56.4 Å². The number of ether oxygens (including phenoxy) is 1. The van der Waals surface area contributed by atoms with Crippen molar-refractivity contribution >= 4 is 11.5 Å². The predicted molar refractivity (Wildman–Crippen MR) is 119 cm³/mol. The Hall–Kier alpha value is -3.08. The summed E-state index contributed by atoms with van der Waals surface area (Å²) in [5, 5.41) is 4.95. The molecule has 5 nitrogen and oxygen atoms in total. The lowest BCUT2D eigenvalue weighted by Crippen LogP contribution is -2.27. The van der Waals surface area contributed by atoms with E-state index in [0.29, 0.717) is 0 Å². The van der Waals surface area contributed by atoms with E-state index in [1.165, 1.54) is 11.3 Å². The number of nitrogens with zero attached hydrogens (tertiary/aromatic N) is 4. The first-order valence-electron chi connectivity index (χ1n) is 10.1. The van der Waals surface area contributed by atoms with E-state index >= 15 is 0 Å². The Balaban J connectivity index is 2.00. The molecule has 1 aliphatic rings. The fourth-order valence-electron chi connectivity index (χ4n) is 4.36. The van der Waals surface area contributed by atoms with Gasteiger partial charge in [-0.15, -0.1) is 13.2 Å². The average Bonchev–Trinajstić information content (AvgIpc) is 3.29. The van der Waals surface area contributed by atoms with Crippen molar-refractivity contribution < 1.29 is 4.74 Å². The van der Waals surface area contributed by atoms with Gasteiger partial charge in [-0.3, -0.25) is 0 Å². The van der Waals surface area contributed by atoms with E-state index in [1.54, 1.807) is 7.11 Å². The summed E-state index contributed by atoms with van der Waals surface area (Å²) in [6.07, 6.45) is 7.05. The molecule has 2 aromatic heterocycles. The van der Waals surface area contributed by atoms with Gasteiger partial charge in [-0.2, -0.15) is 9.61 Å². The molecule has 3 aromatic rings. The van der Waals surface area contributed by atoms with E-state index in [0.717, 1.165) is 72.0 Å². The lowest BCUT2D eigenvalue weighted by atomic mass is 10.0. The van der Waals surface area contributed by atoms with Crippen LogP contribution in [0.1, 0.15) is 28.9 Å². The number of anilines is 1. The van der Waals surface area contributed by atoms with Gasteiger partial charge in [0.2, 0.25) is 0 Å². The maximum Gasteiger partial charge on any atom is 0.165 e. The van der Waals surface area contributed by atoms with Crippen LogP contribution < -0.4 is 9.64 Å². The monoisotopic (exact) mass is 388 g/mol. The smallest absolute Gasteiger partial charge is 0.165 e. The molecule has 4 rings (SSSR count). The zero-order valence-corrected chi connectivity index (χ0v) is 17.5. The minimum absolute atomic E-state index is 0.743. The van der Waals surface area contributed by atoms with Gasteiger partial charge in [0, 0.05) is 29.9 Å². The maximum absolute atomic E-state index is 5.39. The lowest BCUT2D eigenvalue weighted by molar-refractivity contribution is 0.414. The van der Waals surface area contributed by atoms with Crippen molar-refractivity contribution in [2.45, 2.75) is 33.1 Å².